The molecule has 18 heavy (non-hydrogen) atoms. The standard InChI is InChI=1S/C14H15N3O/c1-9-7-10(15)5-6-13(9)18-14-11-3-2-4-12(11)16-8-17-14/h5-8H,2-4,15H2,1H3. The van der Waals surface area contributed by atoms with E-state index >= 15 is 0 Å². The highest BCUT2D eigenvalue weighted by atomic mass is 16.5. The average molecular weight is 241 g/mol. The maximum atomic E-state index is 5.90. The number of ether oxygens (including phenoxy) is 1. The molecular weight excluding hydrogens is 226 g/mol. The SMILES string of the molecule is Cc1cc(N)ccc1Oc1ncnc2c1CCC2. The Hall–Kier alpha value is -2.10. The van der Waals surface area contributed by atoms with Crippen LogP contribution in [-0.4, -0.2) is 9.97 Å². The number of aromatic nitrogens is 2. The molecule has 1 aromatic carbocycles. The van der Waals surface area contributed by atoms with Gasteiger partial charge in [0.1, 0.15) is 12.1 Å². The number of nitrogens with two attached hydrogens (primary N) is 1. The molecule has 3 rings (SSSR count). The second-order valence-corrected chi connectivity index (χ2v) is 4.58. The monoisotopic (exact) mass is 241 g/mol. The fraction of sp³-hybridized carbons (Fsp3) is 0.286. The highest BCUT2D eigenvalue weighted by molar-refractivity contribution is 5.48. The van der Waals surface area contributed by atoms with Crippen LogP contribution in [0.2, 0.25) is 0 Å². The van der Waals surface area contributed by atoms with Gasteiger partial charge < -0.3 is 10.5 Å². The van der Waals surface area contributed by atoms with Crippen LogP contribution in [-0.2, 0) is 12.8 Å². The van der Waals surface area contributed by atoms with E-state index in [0.717, 1.165) is 47.5 Å². The minimum Gasteiger partial charge on any atom is -0.438 e. The minimum atomic E-state index is 0.686. The predicted molar refractivity (Wildman–Crippen MR) is 69.7 cm³/mol. The normalized spacial score (nSPS) is 13.4. The molecule has 0 spiro atoms. The lowest BCUT2D eigenvalue weighted by Gasteiger charge is -2.11. The van der Waals surface area contributed by atoms with Gasteiger partial charge >= 0.3 is 0 Å². The van der Waals surface area contributed by atoms with Crippen molar-refractivity contribution >= 4 is 5.69 Å². The average Bonchev–Trinajstić information content (AvgIpc) is 2.82. The molecule has 1 aliphatic rings. The van der Waals surface area contributed by atoms with Crippen LogP contribution in [0.15, 0.2) is 24.5 Å². The molecule has 4 nitrogen and oxygen atoms in total. The molecule has 92 valence electrons. The van der Waals surface area contributed by atoms with E-state index in [1.807, 2.05) is 25.1 Å². The molecular formula is C14H15N3O. The van der Waals surface area contributed by atoms with Gasteiger partial charge in [0.2, 0.25) is 5.88 Å². The lowest BCUT2D eigenvalue weighted by molar-refractivity contribution is 0.452. The molecule has 2 aromatic rings. The van der Waals surface area contributed by atoms with E-state index in [1.165, 1.54) is 0 Å². The molecule has 1 aliphatic carbocycles. The molecule has 0 fully saturated rings. The minimum absolute atomic E-state index is 0.686. The van der Waals surface area contributed by atoms with Crippen molar-refractivity contribution in [2.75, 3.05) is 5.73 Å². The van der Waals surface area contributed by atoms with Crippen LogP contribution in [0.3, 0.4) is 0 Å². The summed E-state index contributed by atoms with van der Waals surface area (Å²) in [5.41, 5.74) is 9.75. The fourth-order valence-electron chi connectivity index (χ4n) is 2.31. The number of benzene rings is 1. The third-order valence-electron chi connectivity index (χ3n) is 3.24. The highest BCUT2D eigenvalue weighted by Crippen LogP contribution is 2.31. The quantitative estimate of drug-likeness (QED) is 0.821. The number of nitrogens with zero attached hydrogens (tertiary/aromatic N) is 2. The van der Waals surface area contributed by atoms with Crippen LogP contribution >= 0.6 is 0 Å². The van der Waals surface area contributed by atoms with Crippen LogP contribution in [0.5, 0.6) is 11.6 Å². The zero-order valence-corrected chi connectivity index (χ0v) is 10.3. The van der Waals surface area contributed by atoms with Gasteiger partial charge in [-0.3, -0.25) is 0 Å². The van der Waals surface area contributed by atoms with E-state index in [9.17, 15) is 0 Å². The molecule has 0 atom stereocenters. The fourth-order valence-corrected chi connectivity index (χ4v) is 2.31. The van der Waals surface area contributed by atoms with E-state index in [2.05, 4.69) is 9.97 Å². The first-order chi connectivity index (χ1) is 8.74. The number of fused-ring (bicyclic) bond motifs is 1. The zero-order valence-electron chi connectivity index (χ0n) is 10.3. The predicted octanol–water partition coefficient (Wildman–Crippen LogP) is 2.65. The summed E-state index contributed by atoms with van der Waals surface area (Å²) in [6.07, 6.45) is 4.73. The maximum absolute atomic E-state index is 5.90. The van der Waals surface area contributed by atoms with Gasteiger partial charge in [0.25, 0.3) is 0 Å². The van der Waals surface area contributed by atoms with Gasteiger partial charge in [0, 0.05) is 11.3 Å². The number of anilines is 1. The third kappa shape index (κ3) is 1.90. The van der Waals surface area contributed by atoms with Crippen molar-refractivity contribution in [3.63, 3.8) is 0 Å². The van der Waals surface area contributed by atoms with Crippen molar-refractivity contribution in [2.45, 2.75) is 26.2 Å². The first-order valence-corrected chi connectivity index (χ1v) is 6.11. The van der Waals surface area contributed by atoms with E-state index in [4.69, 9.17) is 10.5 Å². The third-order valence-corrected chi connectivity index (χ3v) is 3.24. The second-order valence-electron chi connectivity index (χ2n) is 4.58. The van der Waals surface area contributed by atoms with Gasteiger partial charge in [-0.05, 0) is 49.9 Å². The van der Waals surface area contributed by atoms with Gasteiger partial charge in [0.15, 0.2) is 0 Å². The van der Waals surface area contributed by atoms with Crippen LogP contribution in [0.4, 0.5) is 5.69 Å². The van der Waals surface area contributed by atoms with E-state index < -0.39 is 0 Å². The molecule has 0 amide bonds. The zero-order chi connectivity index (χ0) is 12.5. The molecule has 0 aliphatic heterocycles. The van der Waals surface area contributed by atoms with Gasteiger partial charge in [0.05, 0.1) is 5.69 Å². The number of rotatable bonds is 2. The Morgan fingerprint density at radius 1 is 1.22 bits per heavy atom. The number of nitrogen functional groups attached to an aromatic ring is 1. The summed E-state index contributed by atoms with van der Waals surface area (Å²) in [6, 6.07) is 5.62. The van der Waals surface area contributed by atoms with Gasteiger partial charge in [-0.25, -0.2) is 9.97 Å². The van der Waals surface area contributed by atoms with Crippen molar-refractivity contribution < 1.29 is 4.74 Å². The van der Waals surface area contributed by atoms with Gasteiger partial charge in [-0.15, -0.1) is 0 Å². The second kappa shape index (κ2) is 4.29. The molecule has 1 aromatic heterocycles. The smallest absolute Gasteiger partial charge is 0.225 e. The van der Waals surface area contributed by atoms with Crippen molar-refractivity contribution in [1.29, 1.82) is 0 Å². The highest BCUT2D eigenvalue weighted by Gasteiger charge is 2.18. The van der Waals surface area contributed by atoms with Gasteiger partial charge in [-0.2, -0.15) is 0 Å². The summed E-state index contributed by atoms with van der Waals surface area (Å²) >= 11 is 0. The number of aryl methyl sites for hydroxylation is 2. The number of hydrogen-bond donors (Lipinski definition) is 1. The molecule has 0 radical (unpaired) electrons. The van der Waals surface area contributed by atoms with Crippen molar-refractivity contribution in [3.8, 4) is 11.6 Å². The van der Waals surface area contributed by atoms with Crippen LogP contribution in [0, 0.1) is 6.92 Å². The van der Waals surface area contributed by atoms with Gasteiger partial charge in [-0.1, -0.05) is 0 Å². The maximum Gasteiger partial charge on any atom is 0.225 e. The van der Waals surface area contributed by atoms with Crippen LogP contribution in [0.25, 0.3) is 0 Å². The Labute approximate surface area is 106 Å². The first-order valence-electron chi connectivity index (χ1n) is 6.11. The molecule has 0 unspecified atom stereocenters. The molecule has 2 N–H and O–H groups in total. The lowest BCUT2D eigenvalue weighted by atomic mass is 10.2. The van der Waals surface area contributed by atoms with Crippen LogP contribution < -0.4 is 10.5 Å². The Balaban J connectivity index is 1.95. The first kappa shape index (κ1) is 11.0. The van der Waals surface area contributed by atoms with E-state index in [1.54, 1.807) is 6.33 Å². The van der Waals surface area contributed by atoms with E-state index in [-0.39, 0.29) is 0 Å². The summed E-state index contributed by atoms with van der Waals surface area (Å²) in [5.74, 6) is 1.49. The topological polar surface area (TPSA) is 61.0 Å². The molecule has 1 heterocycles. The molecule has 0 bridgehead atoms. The Morgan fingerprint density at radius 3 is 2.94 bits per heavy atom. The number of hydrogen-bond acceptors (Lipinski definition) is 4. The summed E-state index contributed by atoms with van der Waals surface area (Å²) < 4.78 is 5.90. The largest absolute Gasteiger partial charge is 0.438 e. The van der Waals surface area contributed by atoms with E-state index in [0.29, 0.717) is 5.88 Å². The Bertz CT molecular complexity index is 596. The molecule has 0 saturated carbocycles. The summed E-state index contributed by atoms with van der Waals surface area (Å²) in [5, 5.41) is 0. The van der Waals surface area contributed by atoms with Crippen molar-refractivity contribution in [3.05, 3.63) is 41.3 Å². The summed E-state index contributed by atoms with van der Waals surface area (Å²) in [7, 11) is 0. The lowest BCUT2D eigenvalue weighted by Crippen LogP contribution is -1.98. The molecule has 4 heteroatoms. The summed E-state index contributed by atoms with van der Waals surface area (Å²) in [4.78, 5) is 8.53. The van der Waals surface area contributed by atoms with Crippen molar-refractivity contribution in [1.82, 2.24) is 9.97 Å². The van der Waals surface area contributed by atoms with Crippen molar-refractivity contribution in [2.24, 2.45) is 0 Å². The Morgan fingerprint density at radius 2 is 2.11 bits per heavy atom. The van der Waals surface area contributed by atoms with Crippen LogP contribution in [0.1, 0.15) is 23.2 Å². The Kier molecular flexibility index (Phi) is 2.63. The summed E-state index contributed by atoms with van der Waals surface area (Å²) in [6.45, 7) is 1.98. The molecule has 0 saturated heterocycles.